The van der Waals surface area contributed by atoms with E-state index < -0.39 is 11.2 Å². The molecule has 3 N–H and O–H groups in total. The van der Waals surface area contributed by atoms with Crippen LogP contribution in [0.15, 0.2) is 9.59 Å². The molecule has 0 unspecified atom stereocenters. The largest absolute Gasteiger partial charge is 0.385 e. The third-order valence-electron chi connectivity index (χ3n) is 3.19. The Bertz CT molecular complexity index is 712. The van der Waals surface area contributed by atoms with Crippen molar-refractivity contribution in [2.75, 3.05) is 13.7 Å². The van der Waals surface area contributed by atoms with Gasteiger partial charge in [0.25, 0.3) is 5.56 Å². The quantitative estimate of drug-likeness (QED) is 0.687. The lowest BCUT2D eigenvalue weighted by Gasteiger charge is -2.06. The third kappa shape index (κ3) is 2.39. The van der Waals surface area contributed by atoms with E-state index in [1.807, 2.05) is 6.92 Å². The van der Waals surface area contributed by atoms with Gasteiger partial charge in [0.2, 0.25) is 0 Å². The van der Waals surface area contributed by atoms with Crippen molar-refractivity contribution >= 4 is 11.2 Å². The van der Waals surface area contributed by atoms with Gasteiger partial charge in [0, 0.05) is 26.8 Å². The Morgan fingerprint density at radius 3 is 2.70 bits per heavy atom. The van der Waals surface area contributed by atoms with Crippen LogP contribution in [0.1, 0.15) is 19.2 Å². The van der Waals surface area contributed by atoms with E-state index in [0.717, 1.165) is 0 Å². The first kappa shape index (κ1) is 14.5. The van der Waals surface area contributed by atoms with Crippen LogP contribution in [0.5, 0.6) is 0 Å². The van der Waals surface area contributed by atoms with E-state index in [-0.39, 0.29) is 6.54 Å². The number of aryl methyl sites for hydroxylation is 2. The number of imidazole rings is 1. The molecule has 0 bridgehead atoms. The Morgan fingerprint density at radius 1 is 1.35 bits per heavy atom. The van der Waals surface area contributed by atoms with Gasteiger partial charge >= 0.3 is 5.69 Å². The summed E-state index contributed by atoms with van der Waals surface area (Å²) in [5.41, 5.74) is 5.54. The predicted octanol–water partition coefficient (Wildman–Crippen LogP) is -0.599. The van der Waals surface area contributed by atoms with Crippen molar-refractivity contribution in [2.45, 2.75) is 33.0 Å². The molecule has 0 amide bonds. The molecule has 2 aromatic heterocycles. The first-order chi connectivity index (χ1) is 9.63. The number of ether oxygens (including phenoxy) is 1. The zero-order valence-electron chi connectivity index (χ0n) is 11.7. The van der Waals surface area contributed by atoms with E-state index in [2.05, 4.69) is 9.97 Å². The Morgan fingerprint density at radius 2 is 2.10 bits per heavy atom. The van der Waals surface area contributed by atoms with Crippen LogP contribution in [-0.2, 0) is 24.4 Å². The van der Waals surface area contributed by atoms with Gasteiger partial charge in [0.1, 0.15) is 5.82 Å². The van der Waals surface area contributed by atoms with Crippen LogP contribution in [0, 0.1) is 0 Å². The fourth-order valence-electron chi connectivity index (χ4n) is 2.29. The number of fused-ring (bicyclic) bond motifs is 1. The summed E-state index contributed by atoms with van der Waals surface area (Å²) in [5, 5.41) is 0. The molecule has 0 saturated heterocycles. The van der Waals surface area contributed by atoms with Crippen LogP contribution in [0.25, 0.3) is 11.2 Å². The van der Waals surface area contributed by atoms with Gasteiger partial charge in [0.05, 0.1) is 6.54 Å². The molecule has 20 heavy (non-hydrogen) atoms. The minimum atomic E-state index is -0.456. The highest BCUT2D eigenvalue weighted by atomic mass is 16.5. The van der Waals surface area contributed by atoms with Crippen LogP contribution in [0.3, 0.4) is 0 Å². The van der Waals surface area contributed by atoms with Crippen molar-refractivity contribution in [3.63, 3.8) is 0 Å². The van der Waals surface area contributed by atoms with Crippen molar-refractivity contribution < 1.29 is 4.74 Å². The van der Waals surface area contributed by atoms with E-state index in [4.69, 9.17) is 10.5 Å². The van der Waals surface area contributed by atoms with Crippen LogP contribution >= 0.6 is 0 Å². The fraction of sp³-hybridized carbons (Fsp3) is 0.583. The van der Waals surface area contributed by atoms with Gasteiger partial charge in [-0.2, -0.15) is 0 Å². The summed E-state index contributed by atoms with van der Waals surface area (Å²) in [6.07, 6.45) is 0.661. The molecular formula is C12H19N5O3. The van der Waals surface area contributed by atoms with Crippen LogP contribution < -0.4 is 17.0 Å². The second-order valence-corrected chi connectivity index (χ2v) is 4.41. The summed E-state index contributed by atoms with van der Waals surface area (Å²) in [4.78, 5) is 30.6. The molecule has 2 aromatic rings. The summed E-state index contributed by atoms with van der Waals surface area (Å²) in [6.45, 7) is 3.66. The van der Waals surface area contributed by atoms with Crippen LogP contribution in [0.2, 0.25) is 0 Å². The molecular weight excluding hydrogens is 262 g/mol. The number of nitrogens with two attached hydrogens (primary N) is 1. The van der Waals surface area contributed by atoms with Crippen molar-refractivity contribution in [3.8, 4) is 0 Å². The zero-order valence-corrected chi connectivity index (χ0v) is 11.7. The van der Waals surface area contributed by atoms with Crippen LogP contribution in [0.4, 0.5) is 0 Å². The fourth-order valence-corrected chi connectivity index (χ4v) is 2.29. The number of methoxy groups -OCH3 is 1. The lowest BCUT2D eigenvalue weighted by Crippen LogP contribution is -2.31. The third-order valence-corrected chi connectivity index (χ3v) is 3.19. The highest BCUT2D eigenvalue weighted by Crippen LogP contribution is 2.11. The number of hydrogen-bond donors (Lipinski definition) is 2. The standard InChI is InChI=1S/C12H19N5O3/c1-3-16-8(7-13)14-10-9(16)11(18)15-12(19)17(10)5-4-6-20-2/h3-7,13H2,1-2H3,(H,15,18,19). The minimum Gasteiger partial charge on any atom is -0.385 e. The second-order valence-electron chi connectivity index (χ2n) is 4.41. The Kier molecular flexibility index (Phi) is 4.35. The zero-order chi connectivity index (χ0) is 14.7. The highest BCUT2D eigenvalue weighted by molar-refractivity contribution is 5.70. The average Bonchev–Trinajstić information content (AvgIpc) is 2.81. The number of aromatic nitrogens is 4. The van der Waals surface area contributed by atoms with Gasteiger partial charge in [-0.05, 0) is 13.3 Å². The van der Waals surface area contributed by atoms with E-state index in [1.165, 1.54) is 4.57 Å². The molecule has 0 aromatic carbocycles. The van der Waals surface area contributed by atoms with Crippen molar-refractivity contribution in [2.24, 2.45) is 5.73 Å². The Hall–Kier alpha value is -1.93. The molecule has 0 aliphatic carbocycles. The molecule has 8 nitrogen and oxygen atoms in total. The number of H-pyrrole nitrogens is 1. The smallest absolute Gasteiger partial charge is 0.330 e. The molecule has 2 heterocycles. The summed E-state index contributed by atoms with van der Waals surface area (Å²) >= 11 is 0. The highest BCUT2D eigenvalue weighted by Gasteiger charge is 2.16. The topological polar surface area (TPSA) is 108 Å². The predicted molar refractivity (Wildman–Crippen MR) is 74.7 cm³/mol. The van der Waals surface area contributed by atoms with Gasteiger partial charge in [-0.3, -0.25) is 14.3 Å². The van der Waals surface area contributed by atoms with Gasteiger partial charge < -0.3 is 15.0 Å². The van der Waals surface area contributed by atoms with E-state index in [9.17, 15) is 9.59 Å². The van der Waals surface area contributed by atoms with Crippen LogP contribution in [-0.4, -0.2) is 32.8 Å². The minimum absolute atomic E-state index is 0.216. The average molecular weight is 281 g/mol. The van der Waals surface area contributed by atoms with Crippen molar-refractivity contribution in [1.82, 2.24) is 19.1 Å². The summed E-state index contributed by atoms with van der Waals surface area (Å²) < 4.78 is 8.17. The van der Waals surface area contributed by atoms with Crippen molar-refractivity contribution in [1.29, 1.82) is 0 Å². The number of nitrogens with zero attached hydrogens (tertiary/aromatic N) is 3. The molecule has 2 rings (SSSR count). The van der Waals surface area contributed by atoms with Gasteiger partial charge in [-0.1, -0.05) is 0 Å². The molecule has 0 radical (unpaired) electrons. The maximum atomic E-state index is 12.0. The molecule has 8 heteroatoms. The Labute approximate surface area is 115 Å². The SMILES string of the molecule is CCn1c(CN)nc2c1c(=O)[nH]c(=O)n2CCCOC. The molecule has 0 atom stereocenters. The van der Waals surface area contributed by atoms with Gasteiger partial charge in [-0.15, -0.1) is 0 Å². The summed E-state index contributed by atoms with van der Waals surface area (Å²) in [5.74, 6) is 0.596. The normalized spacial score (nSPS) is 11.3. The molecule has 0 aliphatic rings. The van der Waals surface area contributed by atoms with Gasteiger partial charge in [-0.25, -0.2) is 9.78 Å². The first-order valence-electron chi connectivity index (χ1n) is 6.55. The number of nitrogens with one attached hydrogen (secondary N) is 1. The molecule has 0 fully saturated rings. The van der Waals surface area contributed by atoms with Crippen molar-refractivity contribution in [3.05, 3.63) is 26.7 Å². The number of rotatable bonds is 6. The first-order valence-corrected chi connectivity index (χ1v) is 6.55. The lowest BCUT2D eigenvalue weighted by atomic mass is 10.4. The molecule has 110 valence electrons. The monoisotopic (exact) mass is 281 g/mol. The molecule has 0 aliphatic heterocycles. The van der Waals surface area contributed by atoms with E-state index in [1.54, 1.807) is 11.7 Å². The number of aromatic amines is 1. The number of hydrogen-bond acceptors (Lipinski definition) is 5. The van der Waals surface area contributed by atoms with E-state index in [0.29, 0.717) is 43.1 Å². The summed E-state index contributed by atoms with van der Waals surface area (Å²) in [6, 6.07) is 0. The summed E-state index contributed by atoms with van der Waals surface area (Å²) in [7, 11) is 1.60. The maximum Gasteiger partial charge on any atom is 0.330 e. The van der Waals surface area contributed by atoms with E-state index >= 15 is 0 Å². The van der Waals surface area contributed by atoms with Gasteiger partial charge in [0.15, 0.2) is 11.2 Å². The molecule has 0 saturated carbocycles. The Balaban J connectivity index is 2.66. The molecule has 0 spiro atoms. The maximum absolute atomic E-state index is 12.0. The second kappa shape index (κ2) is 6.02. The lowest BCUT2D eigenvalue weighted by molar-refractivity contribution is 0.190.